The average Bonchev–Trinajstić information content (AvgIpc) is 3.09. The first-order chi connectivity index (χ1) is 16.7. The number of aliphatic carboxylic acids is 1. The molecule has 0 radical (unpaired) electrons. The third-order valence-electron chi connectivity index (χ3n) is 6.41. The molecule has 2 aliphatic heterocycles. The highest BCUT2D eigenvalue weighted by Crippen LogP contribution is 2.51. The smallest absolute Gasteiger partial charge is 0.353 e. The molecular formula is C24H26ClN3O6S2. The van der Waals surface area contributed by atoms with Crippen molar-refractivity contribution >= 4 is 41.1 Å². The lowest BCUT2D eigenvalue weighted by Gasteiger charge is -2.47. The van der Waals surface area contributed by atoms with Crippen LogP contribution in [0.15, 0.2) is 64.3 Å². The van der Waals surface area contributed by atoms with Gasteiger partial charge in [0.2, 0.25) is 5.91 Å². The molecule has 1 aromatic carbocycles. The fraction of sp³-hybridized carbons (Fsp3) is 0.375. The predicted molar refractivity (Wildman–Crippen MR) is 132 cm³/mol. The number of aryl methyl sites for hydroxylation is 1. The molecule has 0 spiro atoms. The number of benzene rings is 1. The zero-order chi connectivity index (χ0) is 25.3. The normalized spacial score (nSPS) is 21.5. The maximum atomic E-state index is 12.8. The summed E-state index contributed by atoms with van der Waals surface area (Å²) >= 11 is 3.05. The van der Waals surface area contributed by atoms with Crippen LogP contribution >= 0.6 is 23.5 Å². The summed E-state index contributed by atoms with van der Waals surface area (Å²) < 4.78 is 2.04. The van der Waals surface area contributed by atoms with Crippen molar-refractivity contribution in [1.82, 2.24) is 4.90 Å². The number of carboxylic acids is 1. The number of aliphatic hydroxyl groups is 1. The van der Waals surface area contributed by atoms with Gasteiger partial charge < -0.3 is 27.5 Å². The van der Waals surface area contributed by atoms with Gasteiger partial charge in [0.05, 0.1) is 33.6 Å². The van der Waals surface area contributed by atoms with Gasteiger partial charge in [-0.15, -0.1) is 23.5 Å². The van der Waals surface area contributed by atoms with Crippen molar-refractivity contribution in [2.24, 2.45) is 11.8 Å². The molecule has 4 rings (SSSR count). The van der Waals surface area contributed by atoms with Gasteiger partial charge in [-0.25, -0.2) is 9.36 Å². The standard InChI is InChI=1S/C24H25N3O6S2.ClH/c1-14(28)19-20-18(12-15-5-7-16(8-6-15)27(32)33)22(21(24(30)31)26(20)23(19)29)35-11-10-25-9-3-4-17(13-25)34-2;/h3-9,13-14,18-20,28H,10-12H2,1-2H3;1H/t14-,18?,19-,20+;/m1./s1. The first kappa shape index (κ1) is 28.0. The van der Waals surface area contributed by atoms with Crippen LogP contribution in [0.2, 0.25) is 0 Å². The highest BCUT2D eigenvalue weighted by molar-refractivity contribution is 8.03. The maximum absolute atomic E-state index is 12.8. The quantitative estimate of drug-likeness (QED) is 0.136. The summed E-state index contributed by atoms with van der Waals surface area (Å²) in [5.41, 5.74) is 0.760. The van der Waals surface area contributed by atoms with Crippen molar-refractivity contribution in [3.8, 4) is 0 Å². The van der Waals surface area contributed by atoms with Crippen molar-refractivity contribution < 1.29 is 41.7 Å². The predicted octanol–water partition coefficient (Wildman–Crippen LogP) is -0.282. The number of β-lactam (4-membered cyclic amide) rings is 1. The van der Waals surface area contributed by atoms with Gasteiger partial charge >= 0.3 is 5.97 Å². The van der Waals surface area contributed by atoms with Crippen LogP contribution in [0, 0.1) is 22.0 Å². The van der Waals surface area contributed by atoms with E-state index in [4.69, 9.17) is 0 Å². The number of amides is 1. The van der Waals surface area contributed by atoms with Gasteiger partial charge in [-0.3, -0.25) is 14.9 Å². The number of nitro benzene ring substituents is 1. The summed E-state index contributed by atoms with van der Waals surface area (Å²) in [5, 5.41) is 31.3. The average molecular weight is 552 g/mol. The fourth-order valence-corrected chi connectivity index (χ4v) is 6.52. The van der Waals surface area contributed by atoms with E-state index in [1.807, 2.05) is 35.3 Å². The van der Waals surface area contributed by atoms with Crippen LogP contribution in [-0.2, 0) is 22.6 Å². The summed E-state index contributed by atoms with van der Waals surface area (Å²) in [4.78, 5) is 38.6. The SMILES string of the molecule is CSc1ccc[n+](CCSC2=C(C(=O)O)N3C(=O)[C@H]([C@@H](C)O)[C@@H]3C2Cc2ccc([N+](=O)[O-])cc2)c1.[Cl-]. The number of carbonyl (C=O) groups is 2. The zero-order valence-corrected chi connectivity index (χ0v) is 22.0. The van der Waals surface area contributed by atoms with Crippen LogP contribution < -0.4 is 17.0 Å². The Hall–Kier alpha value is -2.60. The number of carbonyl (C=O) groups excluding carboxylic acids is 1. The first-order valence-corrected chi connectivity index (χ1v) is 13.3. The second-order valence-corrected chi connectivity index (χ2v) is 10.6. The van der Waals surface area contributed by atoms with E-state index in [1.54, 1.807) is 30.8 Å². The number of aliphatic hydroxyl groups excluding tert-OH is 1. The van der Waals surface area contributed by atoms with Gasteiger partial charge in [-0.2, -0.15) is 0 Å². The molecule has 2 aliphatic rings. The molecule has 1 fully saturated rings. The van der Waals surface area contributed by atoms with Crippen LogP contribution in [-0.4, -0.2) is 56.1 Å². The number of rotatable bonds is 10. The van der Waals surface area contributed by atoms with Gasteiger partial charge in [0, 0.05) is 29.0 Å². The van der Waals surface area contributed by atoms with E-state index in [0.29, 0.717) is 23.6 Å². The van der Waals surface area contributed by atoms with Crippen LogP contribution in [0.5, 0.6) is 0 Å². The number of nitrogens with zero attached hydrogens (tertiary/aromatic N) is 3. The van der Waals surface area contributed by atoms with Gasteiger partial charge in [0.25, 0.3) is 5.69 Å². The van der Waals surface area contributed by atoms with Crippen molar-refractivity contribution in [1.29, 1.82) is 0 Å². The van der Waals surface area contributed by atoms with Crippen molar-refractivity contribution in [3.05, 3.63) is 75.1 Å². The Labute approximate surface area is 223 Å². The Balaban J connectivity index is 0.00000361. The molecule has 1 aromatic heterocycles. The molecule has 0 bridgehead atoms. The number of pyridine rings is 1. The molecule has 2 N–H and O–H groups in total. The number of carboxylic acid groups (broad SMARTS) is 1. The molecule has 1 saturated heterocycles. The van der Waals surface area contributed by atoms with E-state index in [1.165, 1.54) is 28.8 Å². The minimum Gasteiger partial charge on any atom is -1.00 e. The maximum Gasteiger partial charge on any atom is 0.353 e. The second-order valence-electron chi connectivity index (χ2n) is 8.55. The Bertz CT molecular complexity index is 1190. The van der Waals surface area contributed by atoms with Gasteiger partial charge in [-0.05, 0) is 31.2 Å². The van der Waals surface area contributed by atoms with Crippen molar-refractivity contribution in [2.75, 3.05) is 12.0 Å². The van der Waals surface area contributed by atoms with Crippen LogP contribution in [0.25, 0.3) is 0 Å². The molecule has 0 aliphatic carbocycles. The number of hydrogen-bond acceptors (Lipinski definition) is 7. The second kappa shape index (κ2) is 11.6. The monoisotopic (exact) mass is 551 g/mol. The molecule has 12 heteroatoms. The van der Waals surface area contributed by atoms with Crippen molar-refractivity contribution in [3.63, 3.8) is 0 Å². The number of thioether (sulfide) groups is 2. The molecular weight excluding hydrogens is 526 g/mol. The molecule has 0 saturated carbocycles. The highest BCUT2D eigenvalue weighted by Gasteiger charge is 2.61. The van der Waals surface area contributed by atoms with Crippen LogP contribution in [0.4, 0.5) is 5.69 Å². The number of aromatic nitrogens is 1. The number of halogens is 1. The minimum atomic E-state index is -1.17. The third kappa shape index (κ3) is 5.39. The van der Waals surface area contributed by atoms with E-state index < -0.39 is 29.0 Å². The number of non-ortho nitro benzene ring substituents is 1. The Morgan fingerprint density at radius 3 is 2.56 bits per heavy atom. The largest absolute Gasteiger partial charge is 1.00 e. The van der Waals surface area contributed by atoms with E-state index in [0.717, 1.165) is 10.5 Å². The number of nitro groups is 1. The molecule has 4 atom stereocenters. The lowest BCUT2D eigenvalue weighted by Crippen LogP contribution is -3.00. The van der Waals surface area contributed by atoms with Gasteiger partial charge in [0.15, 0.2) is 18.9 Å². The molecule has 9 nitrogen and oxygen atoms in total. The third-order valence-corrected chi connectivity index (χ3v) is 8.32. The van der Waals surface area contributed by atoms with Gasteiger partial charge in [0.1, 0.15) is 5.70 Å². The lowest BCUT2D eigenvalue weighted by atomic mass is 9.76. The Morgan fingerprint density at radius 1 is 1.28 bits per heavy atom. The van der Waals surface area contributed by atoms with Crippen molar-refractivity contribution in [2.45, 2.75) is 36.9 Å². The van der Waals surface area contributed by atoms with E-state index in [2.05, 4.69) is 0 Å². The molecule has 2 aromatic rings. The van der Waals surface area contributed by atoms with Gasteiger partial charge in [-0.1, -0.05) is 12.1 Å². The summed E-state index contributed by atoms with van der Waals surface area (Å²) in [7, 11) is 0. The summed E-state index contributed by atoms with van der Waals surface area (Å²) in [6.07, 6.45) is 5.48. The fourth-order valence-electron chi connectivity index (χ4n) is 4.79. The molecule has 1 amide bonds. The molecule has 36 heavy (non-hydrogen) atoms. The summed E-state index contributed by atoms with van der Waals surface area (Å²) in [6.45, 7) is 2.20. The molecule has 192 valence electrons. The molecule has 3 heterocycles. The Morgan fingerprint density at radius 2 is 1.97 bits per heavy atom. The lowest BCUT2D eigenvalue weighted by molar-refractivity contribution is -0.694. The topological polar surface area (TPSA) is 125 Å². The summed E-state index contributed by atoms with van der Waals surface area (Å²) in [6, 6.07) is 9.68. The van der Waals surface area contributed by atoms with Crippen LogP contribution in [0.3, 0.4) is 0 Å². The van der Waals surface area contributed by atoms with E-state index in [9.17, 15) is 29.9 Å². The van der Waals surface area contributed by atoms with E-state index >= 15 is 0 Å². The first-order valence-electron chi connectivity index (χ1n) is 11.1. The highest BCUT2D eigenvalue weighted by atomic mass is 35.5. The van der Waals surface area contributed by atoms with Crippen LogP contribution in [0.1, 0.15) is 12.5 Å². The number of fused-ring (bicyclic) bond motifs is 1. The minimum absolute atomic E-state index is 0. The summed E-state index contributed by atoms with van der Waals surface area (Å²) in [5.74, 6) is -1.96. The Kier molecular flexibility index (Phi) is 9.04. The van der Waals surface area contributed by atoms with E-state index in [-0.39, 0.29) is 35.6 Å². The molecule has 1 unspecified atom stereocenters. The number of hydrogen-bond donors (Lipinski definition) is 2. The zero-order valence-electron chi connectivity index (χ0n) is 19.6.